The normalized spacial score (nSPS) is 11.8. The molecule has 1 heterocycles. The third-order valence-electron chi connectivity index (χ3n) is 2.02. The molecule has 0 aliphatic heterocycles. The Hall–Kier alpha value is -1.78. The first-order valence-electron chi connectivity index (χ1n) is 4.56. The molecule has 0 unspecified atom stereocenters. The van der Waals surface area contributed by atoms with Crippen molar-refractivity contribution >= 4 is 10.9 Å². The van der Waals surface area contributed by atoms with Crippen molar-refractivity contribution in [1.82, 2.24) is 4.98 Å². The Morgan fingerprint density at radius 1 is 1.19 bits per heavy atom. The minimum atomic E-state index is -4.66. The highest BCUT2D eigenvalue weighted by atomic mass is 19.4. The zero-order chi connectivity index (χ0) is 11.8. The van der Waals surface area contributed by atoms with E-state index in [4.69, 9.17) is 0 Å². The van der Waals surface area contributed by atoms with Gasteiger partial charge in [-0.3, -0.25) is 4.98 Å². The number of hydrogen-bond acceptors (Lipinski definition) is 2. The van der Waals surface area contributed by atoms with E-state index in [0.29, 0.717) is 10.9 Å². The Bertz CT molecular complexity index is 522. The van der Waals surface area contributed by atoms with Crippen molar-refractivity contribution in [2.75, 3.05) is 0 Å². The minimum absolute atomic E-state index is 0.229. The molecule has 2 nitrogen and oxygen atoms in total. The maximum absolute atomic E-state index is 12.0. The lowest BCUT2D eigenvalue weighted by atomic mass is 10.2. The van der Waals surface area contributed by atoms with E-state index < -0.39 is 6.36 Å². The number of aryl methyl sites for hydroxylation is 1. The maximum Gasteiger partial charge on any atom is 0.573 e. The molecule has 84 valence electrons. The number of nitrogens with zero attached hydrogens (tertiary/aromatic N) is 1. The molecule has 0 atom stereocenters. The number of ether oxygens (including phenoxy) is 1. The highest BCUT2D eigenvalue weighted by Gasteiger charge is 2.31. The van der Waals surface area contributed by atoms with E-state index >= 15 is 0 Å². The van der Waals surface area contributed by atoms with E-state index in [1.807, 2.05) is 6.92 Å². The van der Waals surface area contributed by atoms with E-state index in [1.54, 1.807) is 12.3 Å². The van der Waals surface area contributed by atoms with E-state index in [-0.39, 0.29) is 5.75 Å². The van der Waals surface area contributed by atoms with Crippen LogP contribution in [0.15, 0.2) is 30.5 Å². The molecule has 2 rings (SSSR count). The fourth-order valence-electron chi connectivity index (χ4n) is 1.42. The summed E-state index contributed by atoms with van der Waals surface area (Å²) in [5, 5.41) is 0.627. The maximum atomic E-state index is 12.0. The molecule has 0 aliphatic carbocycles. The number of hydrogen-bond donors (Lipinski definition) is 0. The van der Waals surface area contributed by atoms with Crippen LogP contribution in [0.25, 0.3) is 10.9 Å². The first kappa shape index (κ1) is 10.7. The van der Waals surface area contributed by atoms with Crippen LogP contribution in [-0.2, 0) is 0 Å². The Morgan fingerprint density at radius 2 is 1.94 bits per heavy atom. The van der Waals surface area contributed by atoms with Crippen LogP contribution in [0, 0.1) is 6.92 Å². The van der Waals surface area contributed by atoms with Gasteiger partial charge in [-0.2, -0.15) is 0 Å². The smallest absolute Gasteiger partial charge is 0.406 e. The molecule has 0 saturated carbocycles. The number of rotatable bonds is 1. The average Bonchev–Trinajstić information content (AvgIpc) is 2.14. The Kier molecular flexibility index (Phi) is 2.46. The van der Waals surface area contributed by atoms with Crippen LogP contribution in [-0.4, -0.2) is 11.3 Å². The zero-order valence-electron chi connectivity index (χ0n) is 8.38. The molecule has 16 heavy (non-hydrogen) atoms. The highest BCUT2D eigenvalue weighted by molar-refractivity contribution is 5.80. The summed E-state index contributed by atoms with van der Waals surface area (Å²) in [6.07, 6.45) is -3.00. The summed E-state index contributed by atoms with van der Waals surface area (Å²) in [6, 6.07) is 5.82. The van der Waals surface area contributed by atoms with Crippen LogP contribution in [0.2, 0.25) is 0 Å². The van der Waals surface area contributed by atoms with Gasteiger partial charge in [-0.1, -0.05) is 0 Å². The van der Waals surface area contributed by atoms with Crippen LogP contribution in [0.5, 0.6) is 5.75 Å². The second-order valence-corrected chi connectivity index (χ2v) is 3.41. The molecule has 0 radical (unpaired) electrons. The summed E-state index contributed by atoms with van der Waals surface area (Å²) in [7, 11) is 0. The summed E-state index contributed by atoms with van der Waals surface area (Å²) in [5.74, 6) is -0.229. The van der Waals surface area contributed by atoms with Gasteiger partial charge in [-0.15, -0.1) is 13.2 Å². The molecular weight excluding hydrogens is 219 g/mol. The topological polar surface area (TPSA) is 22.1 Å². The Morgan fingerprint density at radius 3 is 2.62 bits per heavy atom. The largest absolute Gasteiger partial charge is 0.573 e. The van der Waals surface area contributed by atoms with Crippen molar-refractivity contribution in [3.8, 4) is 5.75 Å². The van der Waals surface area contributed by atoms with Gasteiger partial charge in [0, 0.05) is 11.6 Å². The first-order chi connectivity index (χ1) is 7.44. The quantitative estimate of drug-likeness (QED) is 0.744. The third kappa shape index (κ3) is 2.42. The molecule has 5 heteroatoms. The summed E-state index contributed by atoms with van der Waals surface area (Å²) < 4.78 is 39.8. The van der Waals surface area contributed by atoms with Gasteiger partial charge in [0.2, 0.25) is 0 Å². The summed E-state index contributed by atoms with van der Waals surface area (Å²) in [4.78, 5) is 4.08. The van der Waals surface area contributed by atoms with Crippen LogP contribution in [0.3, 0.4) is 0 Å². The number of benzene rings is 1. The van der Waals surface area contributed by atoms with Gasteiger partial charge in [-0.25, -0.2) is 0 Å². The van der Waals surface area contributed by atoms with Gasteiger partial charge in [0.1, 0.15) is 5.75 Å². The second-order valence-electron chi connectivity index (χ2n) is 3.41. The standard InChI is InChI=1S/C11H8F3NO/c1-7-4-8-5-9(16-11(12,13)14)2-3-10(8)15-6-7/h2-6H,1H3. The van der Waals surface area contributed by atoms with E-state index in [2.05, 4.69) is 9.72 Å². The average molecular weight is 227 g/mol. The van der Waals surface area contributed by atoms with Gasteiger partial charge in [0.05, 0.1) is 5.52 Å². The first-order valence-corrected chi connectivity index (χ1v) is 4.56. The Labute approximate surface area is 89.7 Å². The summed E-state index contributed by atoms with van der Waals surface area (Å²) in [5.41, 5.74) is 1.52. The summed E-state index contributed by atoms with van der Waals surface area (Å²) in [6.45, 7) is 1.82. The Balaban J connectivity index is 2.43. The fourth-order valence-corrected chi connectivity index (χ4v) is 1.42. The van der Waals surface area contributed by atoms with Gasteiger partial charge in [0.25, 0.3) is 0 Å². The van der Waals surface area contributed by atoms with Crippen molar-refractivity contribution in [2.24, 2.45) is 0 Å². The lowest BCUT2D eigenvalue weighted by Crippen LogP contribution is -2.17. The number of pyridine rings is 1. The molecular formula is C11H8F3NO. The van der Waals surface area contributed by atoms with E-state index in [0.717, 1.165) is 5.56 Å². The van der Waals surface area contributed by atoms with Gasteiger partial charge in [-0.05, 0) is 36.8 Å². The van der Waals surface area contributed by atoms with Crippen molar-refractivity contribution in [2.45, 2.75) is 13.3 Å². The van der Waals surface area contributed by atoms with Crippen LogP contribution in [0.1, 0.15) is 5.56 Å². The summed E-state index contributed by atoms with van der Waals surface area (Å²) >= 11 is 0. The van der Waals surface area contributed by atoms with E-state index in [1.165, 1.54) is 18.2 Å². The van der Waals surface area contributed by atoms with Crippen molar-refractivity contribution in [3.05, 3.63) is 36.0 Å². The highest BCUT2D eigenvalue weighted by Crippen LogP contribution is 2.25. The molecule has 1 aromatic carbocycles. The molecule has 0 N–H and O–H groups in total. The molecule has 0 fully saturated rings. The molecule has 2 aromatic rings. The van der Waals surface area contributed by atoms with E-state index in [9.17, 15) is 13.2 Å². The van der Waals surface area contributed by atoms with Crippen LogP contribution >= 0.6 is 0 Å². The molecule has 0 spiro atoms. The number of halogens is 3. The lowest BCUT2D eigenvalue weighted by Gasteiger charge is -2.09. The van der Waals surface area contributed by atoms with Crippen molar-refractivity contribution in [3.63, 3.8) is 0 Å². The minimum Gasteiger partial charge on any atom is -0.406 e. The van der Waals surface area contributed by atoms with Crippen molar-refractivity contribution < 1.29 is 17.9 Å². The number of fused-ring (bicyclic) bond motifs is 1. The number of alkyl halides is 3. The van der Waals surface area contributed by atoms with Gasteiger partial charge < -0.3 is 4.74 Å². The van der Waals surface area contributed by atoms with Crippen LogP contribution < -0.4 is 4.74 Å². The van der Waals surface area contributed by atoms with Crippen molar-refractivity contribution in [1.29, 1.82) is 0 Å². The predicted molar refractivity (Wildman–Crippen MR) is 53.2 cm³/mol. The molecule has 0 aliphatic rings. The van der Waals surface area contributed by atoms with Crippen LogP contribution in [0.4, 0.5) is 13.2 Å². The third-order valence-corrected chi connectivity index (χ3v) is 2.02. The predicted octanol–water partition coefficient (Wildman–Crippen LogP) is 3.44. The fraction of sp³-hybridized carbons (Fsp3) is 0.182. The second kappa shape index (κ2) is 3.66. The molecule has 1 aromatic heterocycles. The van der Waals surface area contributed by atoms with Gasteiger partial charge in [0.15, 0.2) is 0 Å². The lowest BCUT2D eigenvalue weighted by molar-refractivity contribution is -0.274. The van der Waals surface area contributed by atoms with Gasteiger partial charge >= 0.3 is 6.36 Å². The number of aromatic nitrogens is 1. The molecule has 0 bridgehead atoms. The SMILES string of the molecule is Cc1cnc2ccc(OC(F)(F)F)cc2c1. The monoisotopic (exact) mass is 227 g/mol. The zero-order valence-corrected chi connectivity index (χ0v) is 8.38. The molecule has 0 saturated heterocycles. The molecule has 0 amide bonds.